The van der Waals surface area contributed by atoms with Gasteiger partial charge in [-0.05, 0) is 38.3 Å². The molecule has 2 unspecified atom stereocenters. The normalized spacial score (nSPS) is 24.7. The van der Waals surface area contributed by atoms with Crippen LogP contribution in [0.4, 0.5) is 0 Å². The van der Waals surface area contributed by atoms with Crippen molar-refractivity contribution in [2.45, 2.75) is 39.2 Å². The molecule has 0 amide bonds. The van der Waals surface area contributed by atoms with Gasteiger partial charge in [0, 0.05) is 13.1 Å². The summed E-state index contributed by atoms with van der Waals surface area (Å²) in [5.74, 6) is 0.832. The van der Waals surface area contributed by atoms with Crippen molar-refractivity contribution in [1.29, 1.82) is 5.26 Å². The minimum absolute atomic E-state index is 0.0345. The van der Waals surface area contributed by atoms with Crippen molar-refractivity contribution in [3.8, 4) is 6.07 Å². The van der Waals surface area contributed by atoms with Gasteiger partial charge in [0.2, 0.25) is 0 Å². The Balaban J connectivity index is 2.20. The van der Waals surface area contributed by atoms with Crippen molar-refractivity contribution in [3.05, 3.63) is 0 Å². The van der Waals surface area contributed by atoms with E-state index in [9.17, 15) is 0 Å². The number of likely N-dealkylation sites (tertiary alicyclic amines) is 1. The first-order valence-corrected chi connectivity index (χ1v) is 6.11. The summed E-state index contributed by atoms with van der Waals surface area (Å²) in [5, 5.41) is 12.1. The lowest BCUT2D eigenvalue weighted by Gasteiger charge is -2.31. The molecule has 0 radical (unpaired) electrons. The highest BCUT2D eigenvalue weighted by molar-refractivity contribution is 4.90. The maximum atomic E-state index is 8.91. The van der Waals surface area contributed by atoms with E-state index in [0.29, 0.717) is 0 Å². The molecule has 0 spiro atoms. The van der Waals surface area contributed by atoms with Crippen molar-refractivity contribution in [3.63, 3.8) is 0 Å². The molecule has 1 aliphatic rings. The van der Waals surface area contributed by atoms with Gasteiger partial charge in [-0.25, -0.2) is 0 Å². The summed E-state index contributed by atoms with van der Waals surface area (Å²) in [6.45, 7) is 8.74. The summed E-state index contributed by atoms with van der Waals surface area (Å²) >= 11 is 0. The third kappa shape index (κ3) is 4.63. The van der Waals surface area contributed by atoms with Crippen LogP contribution in [0.1, 0.15) is 33.1 Å². The largest absolute Gasteiger partial charge is 0.303 e. The maximum absolute atomic E-state index is 8.91. The second kappa shape index (κ2) is 6.81. The SMILES string of the molecule is CCNC(C#N)CCN1CCCC(C)C1. The van der Waals surface area contributed by atoms with Crippen molar-refractivity contribution >= 4 is 0 Å². The Morgan fingerprint density at radius 2 is 2.40 bits per heavy atom. The average molecular weight is 209 g/mol. The van der Waals surface area contributed by atoms with Crippen LogP contribution in [0.15, 0.2) is 0 Å². The van der Waals surface area contributed by atoms with E-state index < -0.39 is 0 Å². The third-order valence-corrected chi connectivity index (χ3v) is 3.08. The van der Waals surface area contributed by atoms with Gasteiger partial charge in [0.1, 0.15) is 0 Å². The van der Waals surface area contributed by atoms with Crippen LogP contribution in [0.2, 0.25) is 0 Å². The quantitative estimate of drug-likeness (QED) is 0.747. The molecule has 1 heterocycles. The molecule has 1 aliphatic heterocycles. The van der Waals surface area contributed by atoms with Crippen molar-refractivity contribution in [1.82, 2.24) is 10.2 Å². The maximum Gasteiger partial charge on any atom is 0.0965 e. The van der Waals surface area contributed by atoms with Crippen molar-refractivity contribution in [2.75, 3.05) is 26.2 Å². The zero-order valence-electron chi connectivity index (χ0n) is 10.00. The van der Waals surface area contributed by atoms with Crippen LogP contribution in [-0.4, -0.2) is 37.1 Å². The molecule has 0 aliphatic carbocycles. The van der Waals surface area contributed by atoms with Gasteiger partial charge in [0.05, 0.1) is 12.1 Å². The molecule has 0 bridgehead atoms. The van der Waals surface area contributed by atoms with Crippen molar-refractivity contribution < 1.29 is 0 Å². The number of nitrogens with zero attached hydrogens (tertiary/aromatic N) is 2. The molecule has 1 saturated heterocycles. The Morgan fingerprint density at radius 1 is 1.60 bits per heavy atom. The Hall–Kier alpha value is -0.590. The number of piperidine rings is 1. The van der Waals surface area contributed by atoms with Gasteiger partial charge in [0.15, 0.2) is 0 Å². The summed E-state index contributed by atoms with van der Waals surface area (Å²) in [5.41, 5.74) is 0. The van der Waals surface area contributed by atoms with Crippen LogP contribution in [0, 0.1) is 17.2 Å². The average Bonchev–Trinajstić information content (AvgIpc) is 2.24. The minimum Gasteiger partial charge on any atom is -0.303 e. The van der Waals surface area contributed by atoms with Gasteiger partial charge < -0.3 is 10.2 Å². The van der Waals surface area contributed by atoms with E-state index in [1.54, 1.807) is 0 Å². The first-order valence-electron chi connectivity index (χ1n) is 6.11. The molecule has 0 saturated carbocycles. The topological polar surface area (TPSA) is 39.1 Å². The fourth-order valence-electron chi connectivity index (χ4n) is 2.26. The number of hydrogen-bond acceptors (Lipinski definition) is 3. The summed E-state index contributed by atoms with van der Waals surface area (Å²) in [7, 11) is 0. The predicted octanol–water partition coefficient (Wildman–Crippen LogP) is 1.61. The first kappa shape index (κ1) is 12.5. The van der Waals surface area contributed by atoms with Crippen molar-refractivity contribution in [2.24, 2.45) is 5.92 Å². The van der Waals surface area contributed by atoms with Crippen LogP contribution in [-0.2, 0) is 0 Å². The van der Waals surface area contributed by atoms with Crippen LogP contribution < -0.4 is 5.32 Å². The number of nitriles is 1. The van der Waals surface area contributed by atoms with Gasteiger partial charge in [-0.1, -0.05) is 13.8 Å². The Kier molecular flexibility index (Phi) is 5.67. The molecule has 3 heteroatoms. The fourth-order valence-corrected chi connectivity index (χ4v) is 2.26. The fraction of sp³-hybridized carbons (Fsp3) is 0.917. The summed E-state index contributed by atoms with van der Waals surface area (Å²) < 4.78 is 0. The molecule has 0 aromatic carbocycles. The van der Waals surface area contributed by atoms with E-state index >= 15 is 0 Å². The number of rotatable bonds is 5. The summed E-state index contributed by atoms with van der Waals surface area (Å²) in [4.78, 5) is 2.50. The Morgan fingerprint density at radius 3 is 3.00 bits per heavy atom. The molecule has 1 N–H and O–H groups in total. The van der Waals surface area contributed by atoms with Gasteiger partial charge >= 0.3 is 0 Å². The van der Waals surface area contributed by atoms with Crippen LogP contribution in [0.25, 0.3) is 0 Å². The van der Waals surface area contributed by atoms with E-state index in [0.717, 1.165) is 25.4 Å². The van der Waals surface area contributed by atoms with Gasteiger partial charge in [-0.3, -0.25) is 0 Å². The lowest BCUT2D eigenvalue weighted by Crippen LogP contribution is -2.38. The first-order chi connectivity index (χ1) is 7.26. The molecule has 15 heavy (non-hydrogen) atoms. The Labute approximate surface area is 93.5 Å². The van der Waals surface area contributed by atoms with Crippen LogP contribution >= 0.6 is 0 Å². The van der Waals surface area contributed by atoms with Gasteiger partial charge in [-0.2, -0.15) is 5.26 Å². The highest BCUT2D eigenvalue weighted by Gasteiger charge is 2.17. The van der Waals surface area contributed by atoms with E-state index in [2.05, 4.69) is 23.2 Å². The second-order valence-corrected chi connectivity index (χ2v) is 4.58. The third-order valence-electron chi connectivity index (χ3n) is 3.08. The smallest absolute Gasteiger partial charge is 0.0965 e. The van der Waals surface area contributed by atoms with Gasteiger partial charge in [-0.15, -0.1) is 0 Å². The molecule has 1 rings (SSSR count). The molecular weight excluding hydrogens is 186 g/mol. The number of hydrogen-bond donors (Lipinski definition) is 1. The van der Waals surface area contributed by atoms with E-state index in [4.69, 9.17) is 5.26 Å². The lowest BCUT2D eigenvalue weighted by molar-refractivity contribution is 0.179. The molecular formula is C12H23N3. The monoisotopic (exact) mass is 209 g/mol. The second-order valence-electron chi connectivity index (χ2n) is 4.58. The zero-order chi connectivity index (χ0) is 11.1. The van der Waals surface area contributed by atoms with E-state index in [1.807, 2.05) is 6.92 Å². The highest BCUT2D eigenvalue weighted by atomic mass is 15.1. The molecule has 2 atom stereocenters. The molecule has 86 valence electrons. The standard InChI is InChI=1S/C12H23N3/c1-3-14-12(9-13)6-8-15-7-4-5-11(2)10-15/h11-12,14H,3-8,10H2,1-2H3. The summed E-state index contributed by atoms with van der Waals surface area (Å²) in [6.07, 6.45) is 3.64. The molecule has 0 aromatic rings. The molecule has 3 nitrogen and oxygen atoms in total. The Bertz CT molecular complexity index is 209. The lowest BCUT2D eigenvalue weighted by atomic mass is 10.00. The van der Waals surface area contributed by atoms with Crippen LogP contribution in [0.3, 0.4) is 0 Å². The summed E-state index contributed by atoms with van der Waals surface area (Å²) in [6, 6.07) is 2.35. The van der Waals surface area contributed by atoms with E-state index in [-0.39, 0.29) is 6.04 Å². The minimum atomic E-state index is 0.0345. The van der Waals surface area contributed by atoms with Gasteiger partial charge in [0.25, 0.3) is 0 Å². The predicted molar refractivity (Wildman–Crippen MR) is 62.5 cm³/mol. The highest BCUT2D eigenvalue weighted by Crippen LogP contribution is 2.15. The zero-order valence-corrected chi connectivity index (χ0v) is 10.00. The molecule has 0 aromatic heterocycles. The number of nitrogens with one attached hydrogen (secondary N) is 1. The van der Waals surface area contributed by atoms with E-state index in [1.165, 1.54) is 25.9 Å². The van der Waals surface area contributed by atoms with Crippen LogP contribution in [0.5, 0.6) is 0 Å². The molecule has 1 fully saturated rings.